The molecule has 4 heteroatoms. The van der Waals surface area contributed by atoms with Crippen molar-refractivity contribution >= 4 is 0 Å². The Kier molecular flexibility index (Phi) is 6.24. The lowest BCUT2D eigenvalue weighted by atomic mass is 10.2. The van der Waals surface area contributed by atoms with Gasteiger partial charge in [-0.3, -0.25) is 5.32 Å². The van der Waals surface area contributed by atoms with Gasteiger partial charge in [0.25, 0.3) is 0 Å². The fourth-order valence-electron chi connectivity index (χ4n) is 0.803. The second-order valence-electron chi connectivity index (χ2n) is 3.83. The Labute approximate surface area is 80.5 Å². The molecule has 0 radical (unpaired) electrons. The lowest BCUT2D eigenvalue weighted by Crippen LogP contribution is -2.51. The third-order valence-corrected chi connectivity index (χ3v) is 1.45. The van der Waals surface area contributed by atoms with Crippen molar-refractivity contribution < 1.29 is 9.84 Å². The van der Waals surface area contributed by atoms with Crippen LogP contribution >= 0.6 is 0 Å². The fourth-order valence-corrected chi connectivity index (χ4v) is 0.803. The summed E-state index contributed by atoms with van der Waals surface area (Å²) in [5, 5.41) is 12.4. The SMILES string of the molecule is CCCOCC(O)CNC(C)(C)N. The van der Waals surface area contributed by atoms with Crippen LogP contribution < -0.4 is 11.1 Å². The molecular formula is C9H22N2O2. The van der Waals surface area contributed by atoms with Crippen LogP contribution in [0.3, 0.4) is 0 Å². The third kappa shape index (κ3) is 9.76. The number of aliphatic hydroxyl groups is 1. The summed E-state index contributed by atoms with van der Waals surface area (Å²) in [5.74, 6) is 0. The first-order valence-electron chi connectivity index (χ1n) is 4.75. The highest BCUT2D eigenvalue weighted by Crippen LogP contribution is 1.91. The van der Waals surface area contributed by atoms with E-state index in [1.807, 2.05) is 20.8 Å². The van der Waals surface area contributed by atoms with Crippen molar-refractivity contribution in [2.45, 2.75) is 39.0 Å². The minimum absolute atomic E-state index is 0.372. The van der Waals surface area contributed by atoms with Gasteiger partial charge in [-0.2, -0.15) is 0 Å². The summed E-state index contributed by atoms with van der Waals surface area (Å²) in [6.45, 7) is 7.28. The van der Waals surface area contributed by atoms with Gasteiger partial charge in [0, 0.05) is 13.2 Å². The van der Waals surface area contributed by atoms with Crippen LogP contribution in [0.1, 0.15) is 27.2 Å². The first kappa shape index (κ1) is 12.8. The summed E-state index contributed by atoms with van der Waals surface area (Å²) >= 11 is 0. The zero-order valence-electron chi connectivity index (χ0n) is 8.84. The van der Waals surface area contributed by atoms with Crippen molar-refractivity contribution in [2.75, 3.05) is 19.8 Å². The second-order valence-corrected chi connectivity index (χ2v) is 3.83. The molecule has 0 saturated heterocycles. The van der Waals surface area contributed by atoms with E-state index in [-0.39, 0.29) is 0 Å². The van der Waals surface area contributed by atoms with E-state index in [1.165, 1.54) is 0 Å². The van der Waals surface area contributed by atoms with Gasteiger partial charge in [0.15, 0.2) is 0 Å². The van der Waals surface area contributed by atoms with E-state index >= 15 is 0 Å². The molecule has 80 valence electrons. The summed E-state index contributed by atoms with van der Waals surface area (Å²) < 4.78 is 5.18. The molecule has 0 rings (SSSR count). The Morgan fingerprint density at radius 3 is 2.62 bits per heavy atom. The maximum absolute atomic E-state index is 9.40. The first-order chi connectivity index (χ1) is 5.95. The van der Waals surface area contributed by atoms with Crippen LogP contribution in [0.5, 0.6) is 0 Å². The third-order valence-electron chi connectivity index (χ3n) is 1.45. The number of hydrogen-bond donors (Lipinski definition) is 3. The van der Waals surface area contributed by atoms with Gasteiger partial charge in [-0.1, -0.05) is 6.92 Å². The quantitative estimate of drug-likeness (QED) is 0.392. The van der Waals surface area contributed by atoms with E-state index < -0.39 is 11.8 Å². The standard InChI is InChI=1S/C9H22N2O2/c1-4-5-13-7-8(12)6-11-9(2,3)10/h8,11-12H,4-7,10H2,1-3H3. The van der Waals surface area contributed by atoms with Gasteiger partial charge in [-0.25, -0.2) is 0 Å². The van der Waals surface area contributed by atoms with Crippen LogP contribution in [-0.2, 0) is 4.74 Å². The van der Waals surface area contributed by atoms with Crippen molar-refractivity contribution in [3.8, 4) is 0 Å². The van der Waals surface area contributed by atoms with Gasteiger partial charge in [0.1, 0.15) is 0 Å². The molecule has 13 heavy (non-hydrogen) atoms. The van der Waals surface area contributed by atoms with Gasteiger partial charge in [-0.05, 0) is 20.3 Å². The lowest BCUT2D eigenvalue weighted by Gasteiger charge is -2.22. The van der Waals surface area contributed by atoms with E-state index in [1.54, 1.807) is 0 Å². The van der Waals surface area contributed by atoms with Crippen LogP contribution in [0.25, 0.3) is 0 Å². The first-order valence-corrected chi connectivity index (χ1v) is 4.75. The van der Waals surface area contributed by atoms with E-state index in [9.17, 15) is 5.11 Å². The molecular weight excluding hydrogens is 168 g/mol. The van der Waals surface area contributed by atoms with E-state index in [0.29, 0.717) is 19.8 Å². The minimum atomic E-state index is -0.477. The molecule has 0 aliphatic rings. The van der Waals surface area contributed by atoms with Crippen LogP contribution in [-0.4, -0.2) is 36.6 Å². The van der Waals surface area contributed by atoms with Crippen LogP contribution in [0.15, 0.2) is 0 Å². The highest BCUT2D eigenvalue weighted by molar-refractivity contribution is 4.70. The van der Waals surface area contributed by atoms with Crippen molar-refractivity contribution in [1.82, 2.24) is 5.32 Å². The van der Waals surface area contributed by atoms with E-state index in [4.69, 9.17) is 10.5 Å². The molecule has 0 spiro atoms. The zero-order valence-corrected chi connectivity index (χ0v) is 8.84. The summed E-state index contributed by atoms with van der Waals surface area (Å²) in [4.78, 5) is 0. The molecule has 1 unspecified atom stereocenters. The molecule has 0 saturated carbocycles. The lowest BCUT2D eigenvalue weighted by molar-refractivity contribution is 0.0341. The normalized spacial score (nSPS) is 14.5. The van der Waals surface area contributed by atoms with Gasteiger partial charge in [0.05, 0.1) is 18.4 Å². The maximum Gasteiger partial charge on any atom is 0.0898 e. The zero-order chi connectivity index (χ0) is 10.3. The number of aliphatic hydroxyl groups excluding tert-OH is 1. The number of hydrogen-bond acceptors (Lipinski definition) is 4. The Hall–Kier alpha value is -0.160. The van der Waals surface area contributed by atoms with Crippen LogP contribution in [0.2, 0.25) is 0 Å². The monoisotopic (exact) mass is 190 g/mol. The molecule has 1 atom stereocenters. The van der Waals surface area contributed by atoms with Gasteiger partial charge < -0.3 is 15.6 Å². The maximum atomic E-state index is 9.40. The molecule has 4 N–H and O–H groups in total. The molecule has 0 aliphatic heterocycles. The number of nitrogens with one attached hydrogen (secondary N) is 1. The molecule has 4 nitrogen and oxygen atoms in total. The van der Waals surface area contributed by atoms with Crippen molar-refractivity contribution in [3.05, 3.63) is 0 Å². The summed E-state index contributed by atoms with van der Waals surface area (Å²) in [5.41, 5.74) is 5.24. The smallest absolute Gasteiger partial charge is 0.0898 e. The molecule has 0 amide bonds. The molecule has 0 aromatic rings. The molecule has 0 aliphatic carbocycles. The van der Waals surface area contributed by atoms with Gasteiger partial charge in [-0.15, -0.1) is 0 Å². The Morgan fingerprint density at radius 2 is 2.15 bits per heavy atom. The number of ether oxygens (including phenoxy) is 1. The highest BCUT2D eigenvalue weighted by atomic mass is 16.5. The molecule has 0 aromatic carbocycles. The van der Waals surface area contributed by atoms with Crippen LogP contribution in [0, 0.1) is 0 Å². The summed E-state index contributed by atoms with van der Waals surface area (Å²) in [7, 11) is 0. The largest absolute Gasteiger partial charge is 0.389 e. The number of nitrogens with two attached hydrogens (primary N) is 1. The summed E-state index contributed by atoms with van der Waals surface area (Å²) in [6.07, 6.45) is 0.497. The molecule has 0 aromatic heterocycles. The van der Waals surface area contributed by atoms with Crippen molar-refractivity contribution in [1.29, 1.82) is 0 Å². The molecule has 0 bridgehead atoms. The average molecular weight is 190 g/mol. The van der Waals surface area contributed by atoms with Crippen molar-refractivity contribution in [3.63, 3.8) is 0 Å². The van der Waals surface area contributed by atoms with E-state index in [0.717, 1.165) is 6.42 Å². The number of rotatable bonds is 7. The van der Waals surface area contributed by atoms with Crippen molar-refractivity contribution in [2.24, 2.45) is 5.73 Å². The average Bonchev–Trinajstić information content (AvgIpc) is 2.00. The predicted molar refractivity (Wildman–Crippen MR) is 53.4 cm³/mol. The van der Waals surface area contributed by atoms with E-state index in [2.05, 4.69) is 5.32 Å². The second kappa shape index (κ2) is 6.32. The Balaban J connectivity index is 3.35. The Morgan fingerprint density at radius 1 is 1.54 bits per heavy atom. The van der Waals surface area contributed by atoms with Gasteiger partial charge >= 0.3 is 0 Å². The molecule has 0 fully saturated rings. The van der Waals surface area contributed by atoms with Crippen LogP contribution in [0.4, 0.5) is 0 Å². The topological polar surface area (TPSA) is 67.5 Å². The van der Waals surface area contributed by atoms with Gasteiger partial charge in [0.2, 0.25) is 0 Å². The fraction of sp³-hybridized carbons (Fsp3) is 1.00. The Bertz CT molecular complexity index is 123. The molecule has 0 heterocycles. The predicted octanol–water partition coefficient (Wildman–Crippen LogP) is 0.0583. The minimum Gasteiger partial charge on any atom is -0.389 e. The summed E-state index contributed by atoms with van der Waals surface area (Å²) in [6, 6.07) is 0. The highest BCUT2D eigenvalue weighted by Gasteiger charge is 2.11.